The number of nitrogens with zero attached hydrogens (tertiary/aromatic N) is 1. The molecule has 0 amide bonds. The number of halogens is 1. The van der Waals surface area contributed by atoms with E-state index in [1.807, 2.05) is 0 Å². The monoisotopic (exact) mass is 277 g/mol. The molecule has 94 valence electrons. The number of aliphatic hydroxyl groups is 2. The summed E-state index contributed by atoms with van der Waals surface area (Å²) < 4.78 is 0. The molecule has 1 unspecified atom stereocenters. The molecule has 0 saturated heterocycles. The Balaban J connectivity index is 3.02. The van der Waals surface area contributed by atoms with E-state index in [0.717, 1.165) is 11.8 Å². The van der Waals surface area contributed by atoms with E-state index in [9.17, 15) is 15.2 Å². The van der Waals surface area contributed by atoms with Gasteiger partial charge in [-0.05, 0) is 18.6 Å². The zero-order chi connectivity index (χ0) is 13.0. The van der Waals surface area contributed by atoms with Gasteiger partial charge >= 0.3 is 0 Å². The van der Waals surface area contributed by atoms with E-state index in [4.69, 9.17) is 16.7 Å². The molecule has 1 rings (SSSR count). The normalized spacial score (nSPS) is 12.5. The molecule has 1 aromatic carbocycles. The van der Waals surface area contributed by atoms with Crippen LogP contribution in [-0.2, 0) is 0 Å². The second-order valence-corrected chi connectivity index (χ2v) is 4.86. The quantitative estimate of drug-likeness (QED) is 0.489. The molecular weight excluding hydrogens is 266 g/mol. The van der Waals surface area contributed by atoms with E-state index in [0.29, 0.717) is 15.5 Å². The van der Waals surface area contributed by atoms with Gasteiger partial charge in [0.25, 0.3) is 5.69 Å². The molecule has 7 heteroatoms. The molecule has 0 aliphatic rings. The predicted octanol–water partition coefficient (Wildman–Crippen LogP) is 2.00. The minimum absolute atomic E-state index is 0.0398. The highest BCUT2D eigenvalue weighted by Crippen LogP contribution is 2.36. The smallest absolute Gasteiger partial charge is 0.283 e. The molecule has 0 spiro atoms. The molecule has 17 heavy (non-hydrogen) atoms. The first kappa shape index (κ1) is 14.2. The fourth-order valence-electron chi connectivity index (χ4n) is 1.21. The average molecular weight is 278 g/mol. The molecular formula is C10H12ClNO4S. The van der Waals surface area contributed by atoms with Crippen LogP contribution in [0.2, 0.25) is 5.02 Å². The summed E-state index contributed by atoms with van der Waals surface area (Å²) in [6, 6.07) is 2.81. The van der Waals surface area contributed by atoms with Gasteiger partial charge in [0, 0.05) is 16.8 Å². The van der Waals surface area contributed by atoms with Crippen LogP contribution in [0.1, 0.15) is 5.56 Å². The van der Waals surface area contributed by atoms with Crippen molar-refractivity contribution in [3.05, 3.63) is 32.8 Å². The minimum Gasteiger partial charge on any atom is -0.394 e. The molecule has 0 aliphatic carbocycles. The second kappa shape index (κ2) is 6.20. The number of thioether (sulfide) groups is 1. The molecule has 0 aliphatic heterocycles. The summed E-state index contributed by atoms with van der Waals surface area (Å²) in [5, 5.41) is 29.2. The first-order chi connectivity index (χ1) is 7.97. The zero-order valence-corrected chi connectivity index (χ0v) is 10.7. The van der Waals surface area contributed by atoms with E-state index in [-0.39, 0.29) is 18.0 Å². The standard InChI is InChI=1S/C10H12ClNO4S/c1-6-8(11)2-3-9(12(15)16)10(6)17-5-7(14)4-13/h2-3,7,13-14H,4-5H2,1H3. The summed E-state index contributed by atoms with van der Waals surface area (Å²) in [5.74, 6) is 0.179. The van der Waals surface area contributed by atoms with Crippen molar-refractivity contribution in [3.63, 3.8) is 0 Å². The van der Waals surface area contributed by atoms with Gasteiger partial charge in [-0.3, -0.25) is 10.1 Å². The molecule has 1 atom stereocenters. The minimum atomic E-state index is -0.905. The highest BCUT2D eigenvalue weighted by atomic mass is 35.5. The Morgan fingerprint density at radius 2 is 2.24 bits per heavy atom. The summed E-state index contributed by atoms with van der Waals surface area (Å²) in [6.07, 6.45) is -0.905. The third-order valence-electron chi connectivity index (χ3n) is 2.15. The Bertz CT molecular complexity index is 427. The van der Waals surface area contributed by atoms with Crippen LogP contribution < -0.4 is 0 Å². The Kier molecular flexibility index (Phi) is 5.20. The summed E-state index contributed by atoms with van der Waals surface area (Å²) >= 11 is 7.00. The molecule has 1 aromatic rings. The molecule has 0 aromatic heterocycles. The van der Waals surface area contributed by atoms with Gasteiger partial charge in [-0.25, -0.2) is 0 Å². The Morgan fingerprint density at radius 3 is 2.76 bits per heavy atom. The fraction of sp³-hybridized carbons (Fsp3) is 0.400. The van der Waals surface area contributed by atoms with Crippen molar-refractivity contribution in [1.29, 1.82) is 0 Å². The molecule has 0 bridgehead atoms. The average Bonchev–Trinajstić information content (AvgIpc) is 2.30. The van der Waals surface area contributed by atoms with Crippen molar-refractivity contribution < 1.29 is 15.1 Å². The number of nitro benzene ring substituents is 1. The third-order valence-corrected chi connectivity index (χ3v) is 3.91. The van der Waals surface area contributed by atoms with Crippen LogP contribution in [0, 0.1) is 17.0 Å². The van der Waals surface area contributed by atoms with Gasteiger partial charge in [-0.1, -0.05) is 11.6 Å². The number of hydrogen-bond acceptors (Lipinski definition) is 5. The van der Waals surface area contributed by atoms with Crippen LogP contribution in [0.15, 0.2) is 17.0 Å². The molecule has 2 N–H and O–H groups in total. The molecule has 0 radical (unpaired) electrons. The van der Waals surface area contributed by atoms with E-state index in [1.54, 1.807) is 6.92 Å². The van der Waals surface area contributed by atoms with E-state index in [2.05, 4.69) is 0 Å². The van der Waals surface area contributed by atoms with Crippen LogP contribution in [0.4, 0.5) is 5.69 Å². The lowest BCUT2D eigenvalue weighted by atomic mass is 10.2. The fourth-order valence-corrected chi connectivity index (χ4v) is 2.51. The summed E-state index contributed by atoms with van der Waals surface area (Å²) in [6.45, 7) is 1.31. The first-order valence-corrected chi connectivity index (χ1v) is 6.19. The van der Waals surface area contributed by atoms with Gasteiger partial charge in [-0.15, -0.1) is 11.8 Å². The number of rotatable bonds is 5. The van der Waals surface area contributed by atoms with Crippen molar-refractivity contribution in [2.75, 3.05) is 12.4 Å². The second-order valence-electron chi connectivity index (χ2n) is 3.43. The maximum atomic E-state index is 10.8. The summed E-state index contributed by atoms with van der Waals surface area (Å²) in [7, 11) is 0. The van der Waals surface area contributed by atoms with Gasteiger partial charge in [0.1, 0.15) is 0 Å². The summed E-state index contributed by atoms with van der Waals surface area (Å²) in [5.41, 5.74) is 0.568. The van der Waals surface area contributed by atoms with Crippen molar-refractivity contribution in [3.8, 4) is 0 Å². The van der Waals surface area contributed by atoms with E-state index in [1.165, 1.54) is 12.1 Å². The van der Waals surface area contributed by atoms with Gasteiger partial charge in [-0.2, -0.15) is 0 Å². The predicted molar refractivity (Wildman–Crippen MR) is 66.7 cm³/mol. The largest absolute Gasteiger partial charge is 0.394 e. The van der Waals surface area contributed by atoms with Crippen molar-refractivity contribution in [2.45, 2.75) is 17.9 Å². The van der Waals surface area contributed by atoms with Gasteiger partial charge in [0.2, 0.25) is 0 Å². The first-order valence-electron chi connectivity index (χ1n) is 4.82. The molecule has 0 fully saturated rings. The van der Waals surface area contributed by atoms with Crippen LogP contribution in [-0.4, -0.2) is 33.6 Å². The topological polar surface area (TPSA) is 83.6 Å². The maximum absolute atomic E-state index is 10.8. The SMILES string of the molecule is Cc1c(Cl)ccc([N+](=O)[O-])c1SCC(O)CO. The lowest BCUT2D eigenvalue weighted by Crippen LogP contribution is -2.14. The third kappa shape index (κ3) is 3.57. The number of nitro groups is 1. The molecule has 0 heterocycles. The van der Waals surface area contributed by atoms with Crippen LogP contribution in [0.3, 0.4) is 0 Å². The van der Waals surface area contributed by atoms with Crippen LogP contribution >= 0.6 is 23.4 Å². The highest BCUT2D eigenvalue weighted by molar-refractivity contribution is 7.99. The van der Waals surface area contributed by atoms with Crippen molar-refractivity contribution in [1.82, 2.24) is 0 Å². The summed E-state index contributed by atoms with van der Waals surface area (Å²) in [4.78, 5) is 10.8. The Morgan fingerprint density at radius 1 is 1.59 bits per heavy atom. The zero-order valence-electron chi connectivity index (χ0n) is 9.09. The van der Waals surface area contributed by atoms with E-state index >= 15 is 0 Å². The number of hydrogen-bond donors (Lipinski definition) is 2. The van der Waals surface area contributed by atoms with E-state index < -0.39 is 11.0 Å². The Labute approximate surface area is 108 Å². The Hall–Kier alpha value is -0.820. The van der Waals surface area contributed by atoms with Gasteiger partial charge in [0.05, 0.1) is 22.5 Å². The van der Waals surface area contributed by atoms with Gasteiger partial charge in [0.15, 0.2) is 0 Å². The maximum Gasteiger partial charge on any atom is 0.283 e. The van der Waals surface area contributed by atoms with Gasteiger partial charge < -0.3 is 10.2 Å². The number of benzene rings is 1. The lowest BCUT2D eigenvalue weighted by molar-refractivity contribution is -0.387. The lowest BCUT2D eigenvalue weighted by Gasteiger charge is -2.10. The highest BCUT2D eigenvalue weighted by Gasteiger charge is 2.19. The van der Waals surface area contributed by atoms with Crippen molar-refractivity contribution in [2.24, 2.45) is 0 Å². The van der Waals surface area contributed by atoms with Crippen LogP contribution in [0.25, 0.3) is 0 Å². The van der Waals surface area contributed by atoms with Crippen molar-refractivity contribution >= 4 is 29.1 Å². The molecule has 5 nitrogen and oxygen atoms in total. The molecule has 0 saturated carbocycles. The number of aliphatic hydroxyl groups excluding tert-OH is 2. The van der Waals surface area contributed by atoms with Crippen LogP contribution in [0.5, 0.6) is 0 Å².